The number of hydrogen-bond donors (Lipinski definition) is 1. The lowest BCUT2D eigenvalue weighted by Gasteiger charge is -2.14. The van der Waals surface area contributed by atoms with Crippen molar-refractivity contribution in [2.75, 3.05) is 5.32 Å². The molecule has 3 heteroatoms. The molecular weight excluding hydrogens is 717 g/mol. The molecule has 2 heterocycles. The molecule has 6 aromatic carbocycles. The molecule has 0 fully saturated rings. The molecule has 9 rings (SSSR count). The summed E-state index contributed by atoms with van der Waals surface area (Å²) < 4.78 is 8.46. The maximum atomic E-state index is 6.05. The van der Waals surface area contributed by atoms with Gasteiger partial charge in [-0.25, -0.2) is 0 Å². The first-order chi connectivity index (χ1) is 29.1. The molecule has 1 N–H and O–H groups in total. The minimum absolute atomic E-state index is 0.924. The van der Waals surface area contributed by atoms with Gasteiger partial charge in [0, 0.05) is 50.1 Å². The lowest BCUT2D eigenvalue weighted by atomic mass is 10.0. The van der Waals surface area contributed by atoms with Crippen LogP contribution in [0.25, 0.3) is 66.9 Å². The summed E-state index contributed by atoms with van der Waals surface area (Å²) in [6.45, 7) is 12.3. The minimum atomic E-state index is 0.924. The minimum Gasteiger partial charge on any atom is -0.455 e. The number of allylic oxidation sites excluding steroid dienone is 11. The second-order valence-electron chi connectivity index (χ2n) is 14.5. The summed E-state index contributed by atoms with van der Waals surface area (Å²) in [4.78, 5) is 0. The van der Waals surface area contributed by atoms with Gasteiger partial charge in [0.15, 0.2) is 0 Å². The van der Waals surface area contributed by atoms with Gasteiger partial charge in [-0.3, -0.25) is 0 Å². The standard InChI is InChI=1S/C37H32N2.C19H16O/c1-3-33(39-36-15-9-7-13-34(36)35-14-8-10-16-37(35)39)26-17-27(2)28-18-22-31(23-19-28)38-32-24-20-30(21-25-32)29-11-5-4-6-12-29;1-3-8-14(9-4-2)15-11-7-12-17-16-10-5-6-13-18(16)20-19(15)17/h3-9,11-15,17-26,38H,2,10,16H2,1H3;3-13H,1H2,2H3/b26-17-,33-3+;9-4-,14-8+. The summed E-state index contributed by atoms with van der Waals surface area (Å²) in [6.07, 6.45) is 21.1. The van der Waals surface area contributed by atoms with Gasteiger partial charge in [0.1, 0.15) is 11.2 Å². The van der Waals surface area contributed by atoms with Gasteiger partial charge >= 0.3 is 0 Å². The number of fused-ring (bicyclic) bond motifs is 6. The summed E-state index contributed by atoms with van der Waals surface area (Å²) in [7, 11) is 0. The normalized spacial score (nSPS) is 12.9. The maximum Gasteiger partial charge on any atom is 0.143 e. The number of rotatable bonds is 10. The number of furan rings is 1. The van der Waals surface area contributed by atoms with Crippen LogP contribution in [0.5, 0.6) is 0 Å². The molecule has 0 saturated carbocycles. The number of anilines is 2. The van der Waals surface area contributed by atoms with E-state index in [1.807, 2.05) is 43.3 Å². The lowest BCUT2D eigenvalue weighted by Crippen LogP contribution is -2.03. The highest BCUT2D eigenvalue weighted by atomic mass is 16.3. The van der Waals surface area contributed by atoms with Crippen LogP contribution in [-0.4, -0.2) is 4.57 Å². The molecule has 0 bridgehead atoms. The van der Waals surface area contributed by atoms with Crippen LogP contribution < -0.4 is 5.32 Å². The van der Waals surface area contributed by atoms with Crippen molar-refractivity contribution in [2.24, 2.45) is 0 Å². The van der Waals surface area contributed by atoms with Crippen LogP contribution in [0.3, 0.4) is 0 Å². The highest BCUT2D eigenvalue weighted by Gasteiger charge is 2.18. The Morgan fingerprint density at radius 1 is 0.678 bits per heavy atom. The van der Waals surface area contributed by atoms with Crippen molar-refractivity contribution < 1.29 is 4.42 Å². The third-order valence-electron chi connectivity index (χ3n) is 10.8. The van der Waals surface area contributed by atoms with Gasteiger partial charge in [-0.05, 0) is 97.0 Å². The number of nitrogens with zero attached hydrogens (tertiary/aromatic N) is 1. The van der Waals surface area contributed by atoms with Gasteiger partial charge in [0.05, 0.1) is 5.52 Å². The lowest BCUT2D eigenvalue weighted by molar-refractivity contribution is 0.668. The highest BCUT2D eigenvalue weighted by molar-refractivity contribution is 6.08. The van der Waals surface area contributed by atoms with Gasteiger partial charge in [-0.1, -0.05) is 171 Å². The van der Waals surface area contributed by atoms with Gasteiger partial charge in [-0.15, -0.1) is 0 Å². The molecule has 8 aromatic rings. The smallest absolute Gasteiger partial charge is 0.143 e. The highest BCUT2D eigenvalue weighted by Crippen LogP contribution is 2.36. The quantitative estimate of drug-likeness (QED) is 0.141. The van der Waals surface area contributed by atoms with E-state index >= 15 is 0 Å². The number of hydrogen-bond acceptors (Lipinski definition) is 2. The van der Waals surface area contributed by atoms with Gasteiger partial charge < -0.3 is 14.3 Å². The summed E-state index contributed by atoms with van der Waals surface area (Å²) >= 11 is 0. The Labute approximate surface area is 347 Å². The van der Waals surface area contributed by atoms with E-state index in [1.54, 1.807) is 6.08 Å². The SMILES string of the molecule is C=C(/C=C\C(=C/C)n1c2c(c3ccccc31)C=CCC2)c1ccc(Nc2ccc(-c3ccccc3)cc2)cc1.C=C/C=C(\C=C/C)c1cccc2c1oc1ccccc12. The molecule has 2 aromatic heterocycles. The first-order valence-corrected chi connectivity index (χ1v) is 20.3. The van der Waals surface area contributed by atoms with E-state index in [4.69, 9.17) is 4.42 Å². The molecule has 0 saturated heterocycles. The van der Waals surface area contributed by atoms with Gasteiger partial charge in [0.2, 0.25) is 0 Å². The summed E-state index contributed by atoms with van der Waals surface area (Å²) in [5.74, 6) is 0. The molecule has 0 radical (unpaired) electrons. The van der Waals surface area contributed by atoms with Crippen molar-refractivity contribution in [3.8, 4) is 11.1 Å². The summed E-state index contributed by atoms with van der Waals surface area (Å²) in [5, 5.41) is 7.13. The second kappa shape index (κ2) is 17.8. The first kappa shape index (κ1) is 38.5. The van der Waals surface area contributed by atoms with Crippen molar-refractivity contribution >= 4 is 67.1 Å². The van der Waals surface area contributed by atoms with Crippen molar-refractivity contribution in [1.29, 1.82) is 0 Å². The number of nitrogens with one attached hydrogen (secondary N) is 1. The van der Waals surface area contributed by atoms with E-state index in [-0.39, 0.29) is 0 Å². The Morgan fingerprint density at radius 2 is 1.36 bits per heavy atom. The Balaban J connectivity index is 0.000000203. The Hall–Kier alpha value is -7.36. The largest absolute Gasteiger partial charge is 0.455 e. The third-order valence-corrected chi connectivity index (χ3v) is 10.8. The fraction of sp³-hybridized carbons (Fsp3) is 0.0714. The van der Waals surface area contributed by atoms with Crippen molar-refractivity contribution in [3.63, 3.8) is 0 Å². The topological polar surface area (TPSA) is 30.1 Å². The van der Waals surface area contributed by atoms with E-state index in [0.717, 1.165) is 68.4 Å². The van der Waals surface area contributed by atoms with Crippen molar-refractivity contribution in [2.45, 2.75) is 26.7 Å². The predicted molar refractivity (Wildman–Crippen MR) is 256 cm³/mol. The maximum absolute atomic E-state index is 6.05. The molecule has 0 amide bonds. The van der Waals surface area contributed by atoms with E-state index in [9.17, 15) is 0 Å². The zero-order valence-electron chi connectivity index (χ0n) is 33.7. The Morgan fingerprint density at radius 3 is 2.10 bits per heavy atom. The summed E-state index contributed by atoms with van der Waals surface area (Å²) in [6, 6.07) is 50.5. The molecule has 0 unspecified atom stereocenters. The predicted octanol–water partition coefficient (Wildman–Crippen LogP) is 15.9. The number of benzene rings is 6. The van der Waals surface area contributed by atoms with Crippen molar-refractivity contribution in [3.05, 3.63) is 230 Å². The molecule has 0 spiro atoms. The van der Waals surface area contributed by atoms with E-state index in [2.05, 4.69) is 188 Å². The van der Waals surface area contributed by atoms with Gasteiger partial charge in [-0.2, -0.15) is 0 Å². The average Bonchev–Trinajstić information content (AvgIpc) is 3.84. The van der Waals surface area contributed by atoms with Crippen LogP contribution in [0.15, 0.2) is 212 Å². The monoisotopic (exact) mass is 764 g/mol. The molecule has 0 atom stereocenters. The van der Waals surface area contributed by atoms with E-state index in [1.165, 1.54) is 39.0 Å². The number of para-hydroxylation sites is 3. The first-order valence-electron chi connectivity index (χ1n) is 20.3. The zero-order valence-corrected chi connectivity index (χ0v) is 33.7. The van der Waals surface area contributed by atoms with Crippen LogP contribution in [0.4, 0.5) is 11.4 Å². The van der Waals surface area contributed by atoms with Crippen LogP contribution >= 0.6 is 0 Å². The van der Waals surface area contributed by atoms with Gasteiger partial charge in [0.25, 0.3) is 0 Å². The molecule has 288 valence electrons. The fourth-order valence-electron chi connectivity index (χ4n) is 7.88. The number of aromatic nitrogens is 1. The molecule has 1 aliphatic rings. The van der Waals surface area contributed by atoms with Crippen LogP contribution in [0.2, 0.25) is 0 Å². The molecule has 1 aliphatic carbocycles. The van der Waals surface area contributed by atoms with Crippen LogP contribution in [0.1, 0.15) is 42.7 Å². The third kappa shape index (κ3) is 8.23. The summed E-state index contributed by atoms with van der Waals surface area (Å²) in [5.41, 5.74) is 15.9. The zero-order chi connectivity index (χ0) is 40.6. The Bertz CT molecular complexity index is 2930. The molecule has 3 nitrogen and oxygen atoms in total. The average molecular weight is 765 g/mol. The van der Waals surface area contributed by atoms with Crippen LogP contribution in [0, 0.1) is 0 Å². The van der Waals surface area contributed by atoms with E-state index < -0.39 is 0 Å². The Kier molecular flexibility index (Phi) is 11.6. The fourth-order valence-corrected chi connectivity index (χ4v) is 7.88. The second-order valence-corrected chi connectivity index (χ2v) is 14.5. The van der Waals surface area contributed by atoms with Crippen LogP contribution in [-0.2, 0) is 6.42 Å². The molecule has 59 heavy (non-hydrogen) atoms. The molecule has 0 aliphatic heterocycles. The van der Waals surface area contributed by atoms with Crippen molar-refractivity contribution in [1.82, 2.24) is 4.57 Å². The molecular formula is C56H48N2O. The van der Waals surface area contributed by atoms with E-state index in [0.29, 0.717) is 0 Å².